The van der Waals surface area contributed by atoms with Crippen molar-refractivity contribution in [1.82, 2.24) is 9.88 Å². The first-order valence-electron chi connectivity index (χ1n) is 7.29. The molecule has 1 aliphatic heterocycles. The van der Waals surface area contributed by atoms with Crippen LogP contribution in [0.4, 0.5) is 8.78 Å². The van der Waals surface area contributed by atoms with E-state index in [0.717, 1.165) is 12.1 Å². The Balaban J connectivity index is 1.90. The van der Waals surface area contributed by atoms with Gasteiger partial charge in [-0.2, -0.15) is 5.26 Å². The van der Waals surface area contributed by atoms with Crippen molar-refractivity contribution in [2.45, 2.75) is 18.6 Å². The van der Waals surface area contributed by atoms with E-state index in [1.165, 1.54) is 29.3 Å². The summed E-state index contributed by atoms with van der Waals surface area (Å²) >= 11 is 0. The van der Waals surface area contributed by atoms with Gasteiger partial charge in [-0.1, -0.05) is 6.07 Å². The van der Waals surface area contributed by atoms with Gasteiger partial charge in [0.1, 0.15) is 11.8 Å². The number of halogens is 2. The molecule has 3 rings (SSSR count). The average Bonchev–Trinajstić information content (AvgIpc) is 2.98. The van der Waals surface area contributed by atoms with Crippen LogP contribution < -0.4 is 0 Å². The molecule has 0 radical (unpaired) electrons. The number of carbonyl (C=O) groups excluding carboxylic acids is 1. The number of aromatic nitrogens is 1. The quantitative estimate of drug-likeness (QED) is 0.916. The molecular formula is C17H13F2N3O2. The Labute approximate surface area is 136 Å². The largest absolute Gasteiger partial charge is 0.391 e. The second-order valence-corrected chi connectivity index (χ2v) is 5.58. The molecule has 2 aromatic rings. The summed E-state index contributed by atoms with van der Waals surface area (Å²) in [5, 5.41) is 18.7. The molecule has 0 spiro atoms. The SMILES string of the molecule is N#Cc1ccc(C(=O)N2C[C@@H](O)C[C@H]2c2ccc(F)c(F)c2)nc1. The van der Waals surface area contributed by atoms with Crippen molar-refractivity contribution in [3.05, 3.63) is 65.0 Å². The van der Waals surface area contributed by atoms with Crippen LogP contribution in [0.1, 0.15) is 34.1 Å². The van der Waals surface area contributed by atoms with Crippen molar-refractivity contribution in [3.8, 4) is 6.07 Å². The lowest BCUT2D eigenvalue weighted by atomic mass is 10.0. The highest BCUT2D eigenvalue weighted by Crippen LogP contribution is 2.33. The number of pyridine rings is 1. The summed E-state index contributed by atoms with van der Waals surface area (Å²) < 4.78 is 26.6. The van der Waals surface area contributed by atoms with Gasteiger partial charge in [-0.05, 0) is 36.2 Å². The molecule has 1 saturated heterocycles. The predicted molar refractivity (Wildman–Crippen MR) is 79.7 cm³/mol. The number of aliphatic hydroxyl groups excluding tert-OH is 1. The second kappa shape index (κ2) is 6.34. The zero-order valence-corrected chi connectivity index (χ0v) is 12.5. The van der Waals surface area contributed by atoms with Crippen LogP contribution in [-0.4, -0.2) is 33.5 Å². The molecule has 2 atom stereocenters. The molecule has 1 aromatic carbocycles. The Morgan fingerprint density at radius 2 is 2.08 bits per heavy atom. The monoisotopic (exact) mass is 329 g/mol. The molecule has 1 amide bonds. The minimum atomic E-state index is -1.00. The van der Waals surface area contributed by atoms with E-state index in [1.807, 2.05) is 6.07 Å². The van der Waals surface area contributed by atoms with Gasteiger partial charge in [0, 0.05) is 12.7 Å². The van der Waals surface area contributed by atoms with E-state index in [-0.39, 0.29) is 18.7 Å². The van der Waals surface area contributed by atoms with Gasteiger partial charge in [-0.3, -0.25) is 4.79 Å². The maximum absolute atomic E-state index is 13.5. The Kier molecular flexibility index (Phi) is 4.23. The third-order valence-corrected chi connectivity index (χ3v) is 3.98. The minimum Gasteiger partial charge on any atom is -0.391 e. The van der Waals surface area contributed by atoms with Crippen LogP contribution in [0, 0.1) is 23.0 Å². The topological polar surface area (TPSA) is 77.2 Å². The standard InChI is InChI=1S/C17H13F2N3O2/c18-13-3-2-11(5-14(13)19)16-6-12(23)9-22(16)17(24)15-4-1-10(7-20)8-21-15/h1-5,8,12,16,23H,6,9H2/t12-,16-/m0/s1. The number of hydrogen-bond acceptors (Lipinski definition) is 4. The van der Waals surface area contributed by atoms with Gasteiger partial charge in [0.05, 0.1) is 17.7 Å². The van der Waals surface area contributed by atoms with Gasteiger partial charge in [-0.25, -0.2) is 13.8 Å². The third-order valence-electron chi connectivity index (χ3n) is 3.98. The molecule has 24 heavy (non-hydrogen) atoms. The van der Waals surface area contributed by atoms with E-state index in [9.17, 15) is 18.7 Å². The van der Waals surface area contributed by atoms with E-state index < -0.39 is 29.7 Å². The van der Waals surface area contributed by atoms with E-state index in [2.05, 4.69) is 4.98 Å². The number of amides is 1. The van der Waals surface area contributed by atoms with Crippen LogP contribution in [0.2, 0.25) is 0 Å². The van der Waals surface area contributed by atoms with E-state index in [0.29, 0.717) is 11.1 Å². The first kappa shape index (κ1) is 16.0. The number of benzene rings is 1. The summed E-state index contributed by atoms with van der Waals surface area (Å²) in [5.74, 6) is -2.41. The van der Waals surface area contributed by atoms with Gasteiger partial charge >= 0.3 is 0 Å². The summed E-state index contributed by atoms with van der Waals surface area (Å²) in [6, 6.07) is 7.66. The molecule has 1 N–H and O–H groups in total. The van der Waals surface area contributed by atoms with Crippen LogP contribution in [0.5, 0.6) is 0 Å². The Morgan fingerprint density at radius 1 is 1.29 bits per heavy atom. The number of nitriles is 1. The zero-order valence-electron chi connectivity index (χ0n) is 12.5. The van der Waals surface area contributed by atoms with Crippen LogP contribution in [0.3, 0.4) is 0 Å². The summed E-state index contributed by atoms with van der Waals surface area (Å²) in [6.07, 6.45) is 0.754. The lowest BCUT2D eigenvalue weighted by Gasteiger charge is -2.24. The summed E-state index contributed by atoms with van der Waals surface area (Å²) in [5.41, 5.74) is 0.855. The zero-order chi connectivity index (χ0) is 17.3. The third kappa shape index (κ3) is 2.96. The first-order valence-corrected chi connectivity index (χ1v) is 7.29. The lowest BCUT2D eigenvalue weighted by Crippen LogP contribution is -2.32. The van der Waals surface area contributed by atoms with Crippen molar-refractivity contribution < 1.29 is 18.7 Å². The number of nitrogens with zero attached hydrogens (tertiary/aromatic N) is 3. The van der Waals surface area contributed by atoms with Crippen molar-refractivity contribution in [3.63, 3.8) is 0 Å². The molecule has 7 heteroatoms. The van der Waals surface area contributed by atoms with Gasteiger partial charge in [0.2, 0.25) is 0 Å². The fourth-order valence-electron chi connectivity index (χ4n) is 2.81. The van der Waals surface area contributed by atoms with Crippen LogP contribution in [-0.2, 0) is 0 Å². The summed E-state index contributed by atoms with van der Waals surface area (Å²) in [7, 11) is 0. The van der Waals surface area contributed by atoms with E-state index in [1.54, 1.807) is 0 Å². The van der Waals surface area contributed by atoms with Crippen molar-refractivity contribution in [2.24, 2.45) is 0 Å². The van der Waals surface area contributed by atoms with Gasteiger partial charge in [0.25, 0.3) is 5.91 Å². The Hall–Kier alpha value is -2.85. The molecule has 5 nitrogen and oxygen atoms in total. The van der Waals surface area contributed by atoms with Crippen LogP contribution in [0.15, 0.2) is 36.5 Å². The number of β-amino-alcohol motifs (C(OH)–C–C–N with tert-alkyl or cyclic N) is 1. The molecule has 122 valence electrons. The predicted octanol–water partition coefficient (Wildman–Crippen LogP) is 2.18. The van der Waals surface area contributed by atoms with Gasteiger partial charge < -0.3 is 10.0 Å². The van der Waals surface area contributed by atoms with Gasteiger partial charge in [0.15, 0.2) is 11.6 Å². The van der Waals surface area contributed by atoms with Crippen LogP contribution >= 0.6 is 0 Å². The van der Waals surface area contributed by atoms with E-state index >= 15 is 0 Å². The number of aliphatic hydroxyl groups is 1. The first-order chi connectivity index (χ1) is 11.5. The molecule has 1 aromatic heterocycles. The van der Waals surface area contributed by atoms with Gasteiger partial charge in [-0.15, -0.1) is 0 Å². The second-order valence-electron chi connectivity index (χ2n) is 5.58. The lowest BCUT2D eigenvalue weighted by molar-refractivity contribution is 0.0709. The maximum Gasteiger partial charge on any atom is 0.273 e. The molecular weight excluding hydrogens is 316 g/mol. The number of carbonyl (C=O) groups is 1. The highest BCUT2D eigenvalue weighted by molar-refractivity contribution is 5.93. The van der Waals surface area contributed by atoms with Crippen LogP contribution in [0.25, 0.3) is 0 Å². The smallest absolute Gasteiger partial charge is 0.273 e. The summed E-state index contributed by atoms with van der Waals surface area (Å²) in [6.45, 7) is 0.0736. The number of hydrogen-bond donors (Lipinski definition) is 1. The Bertz CT molecular complexity index is 818. The van der Waals surface area contributed by atoms with Crippen molar-refractivity contribution >= 4 is 5.91 Å². The highest BCUT2D eigenvalue weighted by Gasteiger charge is 2.36. The minimum absolute atomic E-state index is 0.0736. The molecule has 0 aliphatic carbocycles. The number of likely N-dealkylation sites (tertiary alicyclic amines) is 1. The highest BCUT2D eigenvalue weighted by atomic mass is 19.2. The fraction of sp³-hybridized carbons (Fsp3) is 0.235. The number of rotatable bonds is 2. The van der Waals surface area contributed by atoms with Crippen molar-refractivity contribution in [2.75, 3.05) is 6.54 Å². The molecule has 0 bridgehead atoms. The fourth-order valence-corrected chi connectivity index (χ4v) is 2.81. The van der Waals surface area contributed by atoms with E-state index in [4.69, 9.17) is 5.26 Å². The summed E-state index contributed by atoms with van der Waals surface area (Å²) in [4.78, 5) is 18.0. The van der Waals surface area contributed by atoms with Crippen molar-refractivity contribution in [1.29, 1.82) is 5.26 Å². The normalized spacial score (nSPS) is 20.0. The molecule has 1 fully saturated rings. The maximum atomic E-state index is 13.5. The Morgan fingerprint density at radius 3 is 2.71 bits per heavy atom. The molecule has 2 heterocycles. The molecule has 0 unspecified atom stereocenters. The molecule has 0 saturated carbocycles. The molecule has 1 aliphatic rings. The average molecular weight is 329 g/mol.